The van der Waals surface area contributed by atoms with Gasteiger partial charge >= 0.3 is 0 Å². The highest BCUT2D eigenvalue weighted by Gasteiger charge is 2.35. The van der Waals surface area contributed by atoms with Crippen molar-refractivity contribution in [3.8, 4) is 0 Å². The molecule has 3 heteroatoms. The van der Waals surface area contributed by atoms with Crippen molar-refractivity contribution < 1.29 is 0 Å². The van der Waals surface area contributed by atoms with Crippen molar-refractivity contribution >= 4 is 10.9 Å². The molecule has 0 bridgehead atoms. The van der Waals surface area contributed by atoms with Crippen LogP contribution in [0.5, 0.6) is 0 Å². The minimum absolute atomic E-state index is 0.516. The second-order valence-electron chi connectivity index (χ2n) is 6.34. The van der Waals surface area contributed by atoms with Crippen LogP contribution in [0.3, 0.4) is 0 Å². The molecule has 0 aliphatic carbocycles. The summed E-state index contributed by atoms with van der Waals surface area (Å²) < 4.78 is 0. The molecule has 0 spiro atoms. The smallest absolute Gasteiger partial charge is 0.0702 e. The molecule has 1 N–H and O–H groups in total. The van der Waals surface area contributed by atoms with E-state index in [-0.39, 0.29) is 0 Å². The van der Waals surface area contributed by atoms with Crippen LogP contribution in [0, 0.1) is 5.92 Å². The van der Waals surface area contributed by atoms with Gasteiger partial charge in [-0.3, -0.25) is 9.88 Å². The van der Waals surface area contributed by atoms with Gasteiger partial charge in [0.05, 0.1) is 5.52 Å². The maximum Gasteiger partial charge on any atom is 0.0702 e. The molecule has 0 saturated carbocycles. The van der Waals surface area contributed by atoms with Crippen LogP contribution in [-0.4, -0.2) is 36.1 Å². The topological polar surface area (TPSA) is 28.2 Å². The van der Waals surface area contributed by atoms with Gasteiger partial charge in [-0.2, -0.15) is 0 Å². The van der Waals surface area contributed by atoms with E-state index in [4.69, 9.17) is 0 Å². The fourth-order valence-corrected chi connectivity index (χ4v) is 3.68. The molecule has 1 aliphatic rings. The van der Waals surface area contributed by atoms with Crippen LogP contribution in [-0.2, 0) is 0 Å². The molecule has 1 fully saturated rings. The first-order valence-corrected chi connectivity index (χ1v) is 7.95. The van der Waals surface area contributed by atoms with Gasteiger partial charge in [-0.05, 0) is 70.1 Å². The molecule has 2 unspecified atom stereocenters. The van der Waals surface area contributed by atoms with Crippen molar-refractivity contribution in [1.82, 2.24) is 15.2 Å². The summed E-state index contributed by atoms with van der Waals surface area (Å²) in [5.41, 5.74) is 2.52. The van der Waals surface area contributed by atoms with Crippen LogP contribution in [0.25, 0.3) is 10.9 Å². The van der Waals surface area contributed by atoms with Crippen LogP contribution in [0.4, 0.5) is 0 Å². The Hall–Kier alpha value is -1.45. The highest BCUT2D eigenvalue weighted by atomic mass is 15.2. The van der Waals surface area contributed by atoms with Gasteiger partial charge in [-0.25, -0.2) is 0 Å². The van der Waals surface area contributed by atoms with E-state index in [1.165, 1.54) is 23.9 Å². The third-order valence-electron chi connectivity index (χ3n) is 4.66. The average Bonchev–Trinajstić information content (AvgIpc) is 2.91. The van der Waals surface area contributed by atoms with Crippen LogP contribution >= 0.6 is 0 Å². The molecular formula is C18H25N3. The Bertz CT molecular complexity index is 608. The van der Waals surface area contributed by atoms with E-state index in [1.807, 2.05) is 12.3 Å². The molecule has 1 aromatic heterocycles. The molecule has 2 heterocycles. The Kier molecular flexibility index (Phi) is 4.22. The Morgan fingerprint density at radius 3 is 2.95 bits per heavy atom. The Labute approximate surface area is 127 Å². The third kappa shape index (κ3) is 2.81. The van der Waals surface area contributed by atoms with Crippen molar-refractivity contribution in [2.75, 3.05) is 20.1 Å². The Morgan fingerprint density at radius 2 is 2.19 bits per heavy atom. The first kappa shape index (κ1) is 14.5. The number of pyridine rings is 1. The predicted octanol–water partition coefficient (Wildman–Crippen LogP) is 3.23. The summed E-state index contributed by atoms with van der Waals surface area (Å²) in [6, 6.07) is 12.0. The van der Waals surface area contributed by atoms with Crippen molar-refractivity contribution in [3.63, 3.8) is 0 Å². The van der Waals surface area contributed by atoms with Gasteiger partial charge in [-0.15, -0.1) is 0 Å². The van der Waals surface area contributed by atoms with Crippen molar-refractivity contribution in [1.29, 1.82) is 0 Å². The maximum atomic E-state index is 4.43. The zero-order chi connectivity index (χ0) is 14.8. The zero-order valence-electron chi connectivity index (χ0n) is 13.2. The standard InChI is InChI=1S/C18H25N3/c1-13(2)21-10-8-16(12-19-3)18(21)15-6-7-17-14(11-15)5-4-9-20-17/h4-7,9,11,13,16,18-19H,8,10,12H2,1-3H3. The van der Waals surface area contributed by atoms with E-state index in [1.54, 1.807) is 0 Å². The first-order chi connectivity index (χ1) is 10.2. The zero-order valence-corrected chi connectivity index (χ0v) is 13.2. The van der Waals surface area contributed by atoms with Gasteiger partial charge < -0.3 is 5.32 Å². The highest BCUT2D eigenvalue weighted by molar-refractivity contribution is 5.79. The van der Waals surface area contributed by atoms with Gasteiger partial charge in [0.25, 0.3) is 0 Å². The summed E-state index contributed by atoms with van der Waals surface area (Å²) in [4.78, 5) is 7.07. The van der Waals surface area contributed by atoms with Crippen LogP contribution in [0.1, 0.15) is 31.9 Å². The molecule has 3 rings (SSSR count). The van der Waals surface area contributed by atoms with E-state index in [0.717, 1.165) is 12.1 Å². The molecular weight excluding hydrogens is 258 g/mol. The molecule has 2 atom stereocenters. The second-order valence-corrected chi connectivity index (χ2v) is 6.34. The number of hydrogen-bond acceptors (Lipinski definition) is 3. The summed E-state index contributed by atoms with van der Waals surface area (Å²) >= 11 is 0. The average molecular weight is 283 g/mol. The molecule has 0 radical (unpaired) electrons. The first-order valence-electron chi connectivity index (χ1n) is 7.95. The largest absolute Gasteiger partial charge is 0.319 e. The number of hydrogen-bond donors (Lipinski definition) is 1. The molecule has 112 valence electrons. The molecule has 1 aliphatic heterocycles. The van der Waals surface area contributed by atoms with E-state index >= 15 is 0 Å². The van der Waals surface area contributed by atoms with Crippen molar-refractivity contribution in [3.05, 3.63) is 42.1 Å². The SMILES string of the molecule is CNCC1CCN(C(C)C)C1c1ccc2ncccc2c1. The number of likely N-dealkylation sites (tertiary alicyclic amines) is 1. The van der Waals surface area contributed by atoms with Crippen LogP contribution in [0.15, 0.2) is 36.5 Å². The summed E-state index contributed by atoms with van der Waals surface area (Å²) in [5, 5.41) is 4.61. The number of benzene rings is 1. The van der Waals surface area contributed by atoms with Crippen molar-refractivity contribution in [2.24, 2.45) is 5.92 Å². The second kappa shape index (κ2) is 6.12. The summed E-state index contributed by atoms with van der Waals surface area (Å²) in [6.45, 7) is 6.88. The van der Waals surface area contributed by atoms with Crippen molar-refractivity contribution in [2.45, 2.75) is 32.4 Å². The molecule has 2 aromatic rings. The Morgan fingerprint density at radius 1 is 1.33 bits per heavy atom. The molecule has 1 saturated heterocycles. The maximum absolute atomic E-state index is 4.43. The monoisotopic (exact) mass is 283 g/mol. The van der Waals surface area contributed by atoms with E-state index in [9.17, 15) is 0 Å². The number of nitrogens with zero attached hydrogens (tertiary/aromatic N) is 2. The van der Waals surface area contributed by atoms with Crippen LogP contribution < -0.4 is 5.32 Å². The molecule has 0 amide bonds. The van der Waals surface area contributed by atoms with E-state index in [0.29, 0.717) is 18.0 Å². The number of rotatable bonds is 4. The lowest BCUT2D eigenvalue weighted by Crippen LogP contribution is -2.33. The summed E-state index contributed by atoms with van der Waals surface area (Å²) in [5.74, 6) is 0.687. The molecule has 3 nitrogen and oxygen atoms in total. The number of aromatic nitrogens is 1. The quantitative estimate of drug-likeness (QED) is 0.934. The minimum atomic E-state index is 0.516. The Balaban J connectivity index is 1.99. The van der Waals surface area contributed by atoms with Gasteiger partial charge in [-0.1, -0.05) is 12.1 Å². The van der Waals surface area contributed by atoms with Gasteiger partial charge in [0.15, 0.2) is 0 Å². The van der Waals surface area contributed by atoms with Gasteiger partial charge in [0.1, 0.15) is 0 Å². The third-order valence-corrected chi connectivity index (χ3v) is 4.66. The van der Waals surface area contributed by atoms with Gasteiger partial charge in [0.2, 0.25) is 0 Å². The van der Waals surface area contributed by atoms with E-state index in [2.05, 4.69) is 60.4 Å². The lowest BCUT2D eigenvalue weighted by molar-refractivity contribution is 0.182. The lowest BCUT2D eigenvalue weighted by Gasteiger charge is -2.32. The lowest BCUT2D eigenvalue weighted by atomic mass is 9.92. The van der Waals surface area contributed by atoms with E-state index < -0.39 is 0 Å². The fraction of sp³-hybridized carbons (Fsp3) is 0.500. The fourth-order valence-electron chi connectivity index (χ4n) is 3.68. The van der Waals surface area contributed by atoms with Gasteiger partial charge in [0, 0.05) is 23.7 Å². The molecule has 1 aromatic carbocycles. The normalized spacial score (nSPS) is 23.2. The number of nitrogens with one attached hydrogen (secondary N) is 1. The predicted molar refractivity (Wildman–Crippen MR) is 88.4 cm³/mol. The number of fused-ring (bicyclic) bond motifs is 1. The summed E-state index contributed by atoms with van der Waals surface area (Å²) in [6.07, 6.45) is 3.14. The minimum Gasteiger partial charge on any atom is -0.319 e. The van der Waals surface area contributed by atoms with Crippen LogP contribution in [0.2, 0.25) is 0 Å². The molecule has 21 heavy (non-hydrogen) atoms. The highest BCUT2D eigenvalue weighted by Crippen LogP contribution is 2.39. The summed E-state index contributed by atoms with van der Waals surface area (Å²) in [7, 11) is 2.05.